The minimum atomic E-state index is -0.315. The number of hydrogen-bond donors (Lipinski definition) is 2. The van der Waals surface area contributed by atoms with Gasteiger partial charge in [-0.05, 0) is 30.3 Å². The Kier molecular flexibility index (Phi) is 4.14. The summed E-state index contributed by atoms with van der Waals surface area (Å²) in [5.41, 5.74) is 2.08. The summed E-state index contributed by atoms with van der Waals surface area (Å²) in [7, 11) is 0. The summed E-state index contributed by atoms with van der Waals surface area (Å²) in [6.07, 6.45) is 0.398. The standard InChI is InChI=1S/C19H15N3O3S/c1-2-17(23)22-19-21-13-8-7-12(10-16(13)26-19)20-18(24)15-9-11-5-3-4-6-14(11)25-15/h3-10H,2H2,1H3,(H,20,24)(H,21,22,23). The third-order valence-electron chi connectivity index (χ3n) is 3.86. The zero-order valence-electron chi connectivity index (χ0n) is 13.9. The summed E-state index contributed by atoms with van der Waals surface area (Å²) in [5.74, 6) is -0.140. The predicted molar refractivity (Wildman–Crippen MR) is 103 cm³/mol. The van der Waals surface area contributed by atoms with E-state index in [0.717, 1.165) is 15.6 Å². The number of para-hydroxylation sites is 1. The van der Waals surface area contributed by atoms with Crippen molar-refractivity contribution in [2.24, 2.45) is 0 Å². The first-order chi connectivity index (χ1) is 12.6. The van der Waals surface area contributed by atoms with Crippen molar-refractivity contribution < 1.29 is 14.0 Å². The fraction of sp³-hybridized carbons (Fsp3) is 0.105. The van der Waals surface area contributed by atoms with Crippen molar-refractivity contribution in [1.82, 2.24) is 4.98 Å². The molecular formula is C19H15N3O3S. The Hall–Kier alpha value is -3.19. The smallest absolute Gasteiger partial charge is 0.291 e. The van der Waals surface area contributed by atoms with E-state index in [-0.39, 0.29) is 17.6 Å². The van der Waals surface area contributed by atoms with Crippen LogP contribution in [0.25, 0.3) is 21.2 Å². The number of thiazole rings is 1. The van der Waals surface area contributed by atoms with Crippen LogP contribution in [0.15, 0.2) is 52.9 Å². The van der Waals surface area contributed by atoms with Crippen LogP contribution < -0.4 is 10.6 Å². The molecule has 2 N–H and O–H groups in total. The van der Waals surface area contributed by atoms with Gasteiger partial charge in [-0.2, -0.15) is 0 Å². The molecule has 0 aliphatic heterocycles. The van der Waals surface area contributed by atoms with Crippen LogP contribution in [-0.2, 0) is 4.79 Å². The van der Waals surface area contributed by atoms with Gasteiger partial charge in [0.25, 0.3) is 5.91 Å². The monoisotopic (exact) mass is 365 g/mol. The highest BCUT2D eigenvalue weighted by Gasteiger charge is 2.13. The number of benzene rings is 2. The van der Waals surface area contributed by atoms with E-state index in [4.69, 9.17) is 4.42 Å². The van der Waals surface area contributed by atoms with Gasteiger partial charge in [0.1, 0.15) is 5.58 Å². The van der Waals surface area contributed by atoms with Crippen LogP contribution in [0.4, 0.5) is 10.8 Å². The van der Waals surface area contributed by atoms with Gasteiger partial charge in [0.2, 0.25) is 5.91 Å². The molecule has 2 amide bonds. The molecule has 6 nitrogen and oxygen atoms in total. The van der Waals surface area contributed by atoms with Crippen molar-refractivity contribution in [2.45, 2.75) is 13.3 Å². The van der Waals surface area contributed by atoms with Crippen molar-refractivity contribution in [3.05, 3.63) is 54.3 Å². The number of nitrogens with zero attached hydrogens (tertiary/aromatic N) is 1. The highest BCUT2D eigenvalue weighted by atomic mass is 32.1. The maximum absolute atomic E-state index is 12.4. The Bertz CT molecular complexity index is 1100. The number of anilines is 2. The number of carbonyl (C=O) groups is 2. The number of amides is 2. The van der Waals surface area contributed by atoms with Crippen LogP contribution in [-0.4, -0.2) is 16.8 Å². The van der Waals surface area contributed by atoms with E-state index < -0.39 is 0 Å². The number of rotatable bonds is 4. The topological polar surface area (TPSA) is 84.2 Å². The Balaban J connectivity index is 1.56. The van der Waals surface area contributed by atoms with Crippen LogP contribution in [0, 0.1) is 0 Å². The molecule has 0 atom stereocenters. The highest BCUT2D eigenvalue weighted by Crippen LogP contribution is 2.29. The van der Waals surface area contributed by atoms with E-state index in [1.165, 1.54) is 11.3 Å². The molecule has 2 heterocycles. The fourth-order valence-corrected chi connectivity index (χ4v) is 3.47. The zero-order valence-corrected chi connectivity index (χ0v) is 14.7. The van der Waals surface area contributed by atoms with Gasteiger partial charge in [-0.1, -0.05) is 36.5 Å². The predicted octanol–water partition coefficient (Wildman–Crippen LogP) is 4.64. The van der Waals surface area contributed by atoms with Crippen molar-refractivity contribution in [3.63, 3.8) is 0 Å². The molecule has 0 aliphatic rings. The lowest BCUT2D eigenvalue weighted by Gasteiger charge is -2.02. The van der Waals surface area contributed by atoms with Crippen LogP contribution in [0.2, 0.25) is 0 Å². The number of aromatic nitrogens is 1. The van der Waals surface area contributed by atoms with Crippen molar-refractivity contribution in [3.8, 4) is 0 Å². The highest BCUT2D eigenvalue weighted by molar-refractivity contribution is 7.22. The first kappa shape index (κ1) is 16.3. The normalized spacial score (nSPS) is 11.0. The number of carbonyl (C=O) groups excluding carboxylic acids is 2. The zero-order chi connectivity index (χ0) is 18.1. The SMILES string of the molecule is CCC(=O)Nc1nc2ccc(NC(=O)c3cc4ccccc4o3)cc2s1. The van der Waals surface area contributed by atoms with Crippen LogP contribution in [0.5, 0.6) is 0 Å². The number of furan rings is 1. The van der Waals surface area contributed by atoms with E-state index in [2.05, 4.69) is 15.6 Å². The second kappa shape index (κ2) is 6.61. The van der Waals surface area contributed by atoms with E-state index in [9.17, 15) is 9.59 Å². The molecule has 0 saturated carbocycles. The average Bonchev–Trinajstić information content (AvgIpc) is 3.24. The van der Waals surface area contributed by atoms with Crippen LogP contribution in [0.1, 0.15) is 23.9 Å². The summed E-state index contributed by atoms with van der Waals surface area (Å²) in [6.45, 7) is 1.79. The molecule has 7 heteroatoms. The molecule has 26 heavy (non-hydrogen) atoms. The molecule has 0 aliphatic carbocycles. The number of fused-ring (bicyclic) bond motifs is 2. The molecule has 4 aromatic rings. The molecule has 130 valence electrons. The summed E-state index contributed by atoms with van der Waals surface area (Å²) in [6, 6.07) is 14.6. The van der Waals surface area contributed by atoms with Crippen molar-refractivity contribution in [2.75, 3.05) is 10.6 Å². The lowest BCUT2D eigenvalue weighted by atomic mass is 10.2. The largest absolute Gasteiger partial charge is 0.451 e. The van der Waals surface area contributed by atoms with Crippen molar-refractivity contribution in [1.29, 1.82) is 0 Å². The Morgan fingerprint density at radius 2 is 1.96 bits per heavy atom. The first-order valence-electron chi connectivity index (χ1n) is 8.13. The minimum Gasteiger partial charge on any atom is -0.451 e. The maximum atomic E-state index is 12.4. The second-order valence-corrected chi connectivity index (χ2v) is 6.74. The van der Waals surface area contributed by atoms with E-state index in [1.807, 2.05) is 36.4 Å². The molecule has 2 aromatic carbocycles. The molecule has 0 spiro atoms. The molecular weight excluding hydrogens is 350 g/mol. The summed E-state index contributed by atoms with van der Waals surface area (Å²) in [5, 5.41) is 7.01. The second-order valence-electron chi connectivity index (χ2n) is 5.71. The Labute approximate surface area is 152 Å². The quantitative estimate of drug-likeness (QED) is 0.552. The third-order valence-corrected chi connectivity index (χ3v) is 4.80. The van der Waals surface area contributed by atoms with E-state index in [1.54, 1.807) is 19.1 Å². The average molecular weight is 365 g/mol. The Morgan fingerprint density at radius 3 is 2.77 bits per heavy atom. The lowest BCUT2D eigenvalue weighted by molar-refractivity contribution is -0.115. The van der Waals surface area contributed by atoms with Gasteiger partial charge in [-0.3, -0.25) is 9.59 Å². The molecule has 0 unspecified atom stereocenters. The minimum absolute atomic E-state index is 0.0810. The molecule has 0 fully saturated rings. The summed E-state index contributed by atoms with van der Waals surface area (Å²) >= 11 is 1.36. The van der Waals surface area contributed by atoms with Gasteiger partial charge in [0.15, 0.2) is 10.9 Å². The fourth-order valence-electron chi connectivity index (χ4n) is 2.55. The van der Waals surface area contributed by atoms with Gasteiger partial charge >= 0.3 is 0 Å². The lowest BCUT2D eigenvalue weighted by Crippen LogP contribution is -2.10. The number of nitrogens with one attached hydrogen (secondary N) is 2. The maximum Gasteiger partial charge on any atom is 0.291 e. The molecule has 4 rings (SSSR count). The van der Waals surface area contributed by atoms with Gasteiger partial charge < -0.3 is 15.1 Å². The molecule has 0 saturated heterocycles. The van der Waals surface area contributed by atoms with Crippen molar-refractivity contribution >= 4 is 55.2 Å². The third kappa shape index (κ3) is 3.16. The first-order valence-corrected chi connectivity index (χ1v) is 8.94. The Morgan fingerprint density at radius 1 is 1.12 bits per heavy atom. The number of hydrogen-bond acceptors (Lipinski definition) is 5. The van der Waals surface area contributed by atoms with Gasteiger partial charge in [0, 0.05) is 17.5 Å². The van der Waals surface area contributed by atoms with E-state index in [0.29, 0.717) is 22.8 Å². The van der Waals surface area contributed by atoms with Crippen LogP contribution in [0.3, 0.4) is 0 Å². The van der Waals surface area contributed by atoms with Gasteiger partial charge in [0.05, 0.1) is 10.2 Å². The summed E-state index contributed by atoms with van der Waals surface area (Å²) < 4.78 is 6.45. The molecule has 2 aromatic heterocycles. The van der Waals surface area contributed by atoms with Gasteiger partial charge in [-0.25, -0.2) is 4.98 Å². The summed E-state index contributed by atoms with van der Waals surface area (Å²) in [4.78, 5) is 28.3. The molecule has 0 radical (unpaired) electrons. The van der Waals surface area contributed by atoms with Crippen LogP contribution >= 0.6 is 11.3 Å². The van der Waals surface area contributed by atoms with E-state index >= 15 is 0 Å². The molecule has 0 bridgehead atoms. The van der Waals surface area contributed by atoms with Gasteiger partial charge in [-0.15, -0.1) is 0 Å².